The van der Waals surface area contributed by atoms with E-state index in [2.05, 4.69) is 15.5 Å². The first-order valence-electron chi connectivity index (χ1n) is 8.81. The number of carbonyl (C=O) groups excluding carboxylic acids is 1. The molecule has 3 aromatic rings. The Kier molecular flexibility index (Phi) is 5.84. The topological polar surface area (TPSA) is 81.2 Å². The molecular weight excluding hydrogens is 330 g/mol. The normalized spacial score (nSPS) is 12.1. The van der Waals surface area contributed by atoms with Crippen LogP contribution in [0.25, 0.3) is 11.4 Å². The molecule has 0 aliphatic carbocycles. The van der Waals surface area contributed by atoms with Crippen LogP contribution in [0.2, 0.25) is 0 Å². The molecule has 2 heterocycles. The van der Waals surface area contributed by atoms with Crippen molar-refractivity contribution in [3.05, 3.63) is 59.9 Å². The van der Waals surface area contributed by atoms with Gasteiger partial charge in [0.15, 0.2) is 0 Å². The lowest BCUT2D eigenvalue weighted by Crippen LogP contribution is -2.33. The average Bonchev–Trinajstić information content (AvgIpc) is 3.31. The number of aryl methyl sites for hydroxylation is 3. The van der Waals surface area contributed by atoms with Gasteiger partial charge in [-0.25, -0.2) is 0 Å². The van der Waals surface area contributed by atoms with Crippen LogP contribution in [0.15, 0.2) is 51.6 Å². The molecule has 0 saturated heterocycles. The second kappa shape index (κ2) is 8.47. The number of aromatic nitrogens is 2. The average molecular weight is 353 g/mol. The third-order valence-electron chi connectivity index (χ3n) is 4.16. The lowest BCUT2D eigenvalue weighted by Gasteiger charge is -2.12. The van der Waals surface area contributed by atoms with E-state index in [1.807, 2.05) is 50.2 Å². The van der Waals surface area contributed by atoms with E-state index in [0.29, 0.717) is 24.6 Å². The molecule has 0 aliphatic heterocycles. The summed E-state index contributed by atoms with van der Waals surface area (Å²) in [5.74, 6) is 1.93. The number of carbonyl (C=O) groups is 1. The molecule has 1 amide bonds. The lowest BCUT2D eigenvalue weighted by atomic mass is 10.1. The number of amides is 1. The van der Waals surface area contributed by atoms with Gasteiger partial charge in [0.1, 0.15) is 5.76 Å². The SMILES string of the molecule is Cc1ccc(-c2noc(CCC(=O)NC(C)CCc3ccco3)n2)cc1. The fourth-order valence-corrected chi connectivity index (χ4v) is 2.63. The molecule has 0 radical (unpaired) electrons. The van der Waals surface area contributed by atoms with E-state index in [0.717, 1.165) is 24.2 Å². The molecule has 6 heteroatoms. The number of nitrogens with one attached hydrogen (secondary N) is 1. The minimum absolute atomic E-state index is 0.0213. The van der Waals surface area contributed by atoms with Crippen molar-refractivity contribution in [1.82, 2.24) is 15.5 Å². The first kappa shape index (κ1) is 17.9. The summed E-state index contributed by atoms with van der Waals surface area (Å²) in [5.41, 5.74) is 2.08. The third kappa shape index (κ3) is 5.05. The molecular formula is C20H23N3O3. The third-order valence-corrected chi connectivity index (χ3v) is 4.16. The van der Waals surface area contributed by atoms with Crippen LogP contribution in [0.3, 0.4) is 0 Å². The van der Waals surface area contributed by atoms with Gasteiger partial charge in [-0.15, -0.1) is 0 Å². The van der Waals surface area contributed by atoms with Crippen molar-refractivity contribution < 1.29 is 13.7 Å². The fraction of sp³-hybridized carbons (Fsp3) is 0.350. The van der Waals surface area contributed by atoms with Gasteiger partial charge in [0, 0.05) is 30.9 Å². The second-order valence-electron chi connectivity index (χ2n) is 6.46. The highest BCUT2D eigenvalue weighted by molar-refractivity contribution is 5.76. The Morgan fingerprint density at radius 2 is 2.00 bits per heavy atom. The Labute approximate surface area is 152 Å². The van der Waals surface area contributed by atoms with Crippen molar-refractivity contribution in [3.8, 4) is 11.4 Å². The summed E-state index contributed by atoms with van der Waals surface area (Å²) in [5, 5.41) is 6.97. The van der Waals surface area contributed by atoms with Gasteiger partial charge in [0.25, 0.3) is 0 Å². The Morgan fingerprint density at radius 3 is 2.73 bits per heavy atom. The maximum Gasteiger partial charge on any atom is 0.227 e. The molecule has 0 aliphatic rings. The minimum atomic E-state index is -0.0213. The molecule has 0 bridgehead atoms. The van der Waals surface area contributed by atoms with Crippen LogP contribution in [-0.4, -0.2) is 22.1 Å². The molecule has 0 fully saturated rings. The summed E-state index contributed by atoms with van der Waals surface area (Å²) >= 11 is 0. The Balaban J connectivity index is 1.43. The number of furan rings is 1. The Bertz CT molecular complexity index is 822. The van der Waals surface area contributed by atoms with Crippen LogP contribution in [0, 0.1) is 6.92 Å². The van der Waals surface area contributed by atoms with Gasteiger partial charge in [-0.2, -0.15) is 4.98 Å². The van der Waals surface area contributed by atoms with Gasteiger partial charge in [-0.3, -0.25) is 4.79 Å². The van der Waals surface area contributed by atoms with E-state index >= 15 is 0 Å². The van der Waals surface area contributed by atoms with Crippen molar-refractivity contribution in [2.75, 3.05) is 0 Å². The molecule has 1 atom stereocenters. The second-order valence-corrected chi connectivity index (χ2v) is 6.46. The maximum absolute atomic E-state index is 12.1. The first-order chi connectivity index (χ1) is 12.6. The van der Waals surface area contributed by atoms with Gasteiger partial charge in [0.05, 0.1) is 6.26 Å². The maximum atomic E-state index is 12.1. The van der Waals surface area contributed by atoms with E-state index in [-0.39, 0.29) is 11.9 Å². The zero-order valence-electron chi connectivity index (χ0n) is 15.1. The molecule has 1 aromatic carbocycles. The highest BCUT2D eigenvalue weighted by Gasteiger charge is 2.12. The molecule has 2 aromatic heterocycles. The monoisotopic (exact) mass is 353 g/mol. The van der Waals surface area contributed by atoms with Crippen molar-refractivity contribution in [1.29, 1.82) is 0 Å². The number of rotatable bonds is 8. The van der Waals surface area contributed by atoms with E-state index < -0.39 is 0 Å². The molecule has 0 spiro atoms. The fourth-order valence-electron chi connectivity index (χ4n) is 2.63. The predicted octanol–water partition coefficient (Wildman–Crippen LogP) is 3.71. The highest BCUT2D eigenvalue weighted by atomic mass is 16.5. The lowest BCUT2D eigenvalue weighted by molar-refractivity contribution is -0.121. The van der Waals surface area contributed by atoms with Crippen LogP contribution in [0.1, 0.15) is 37.0 Å². The van der Waals surface area contributed by atoms with Crippen molar-refractivity contribution in [3.63, 3.8) is 0 Å². The zero-order valence-corrected chi connectivity index (χ0v) is 15.1. The summed E-state index contributed by atoms with van der Waals surface area (Å²) in [6.07, 6.45) is 4.04. The molecule has 6 nitrogen and oxygen atoms in total. The number of hydrogen-bond donors (Lipinski definition) is 1. The van der Waals surface area contributed by atoms with E-state index in [1.165, 1.54) is 5.56 Å². The molecule has 0 saturated carbocycles. The molecule has 26 heavy (non-hydrogen) atoms. The van der Waals surface area contributed by atoms with Gasteiger partial charge in [-0.1, -0.05) is 35.0 Å². The number of hydrogen-bond acceptors (Lipinski definition) is 5. The van der Waals surface area contributed by atoms with Crippen molar-refractivity contribution >= 4 is 5.91 Å². The predicted molar refractivity (Wildman–Crippen MR) is 97.4 cm³/mol. The van der Waals surface area contributed by atoms with Crippen LogP contribution in [-0.2, 0) is 17.6 Å². The summed E-state index contributed by atoms with van der Waals surface area (Å²) in [6.45, 7) is 4.02. The molecule has 1 unspecified atom stereocenters. The van der Waals surface area contributed by atoms with Gasteiger partial charge in [0.2, 0.25) is 17.6 Å². The molecule has 1 N–H and O–H groups in total. The van der Waals surface area contributed by atoms with Crippen LogP contribution in [0.5, 0.6) is 0 Å². The Hall–Kier alpha value is -2.89. The zero-order chi connectivity index (χ0) is 18.4. The van der Waals surface area contributed by atoms with Gasteiger partial charge >= 0.3 is 0 Å². The van der Waals surface area contributed by atoms with Crippen LogP contribution in [0.4, 0.5) is 0 Å². The summed E-state index contributed by atoms with van der Waals surface area (Å²) in [6, 6.07) is 11.8. The smallest absolute Gasteiger partial charge is 0.227 e. The van der Waals surface area contributed by atoms with Crippen LogP contribution >= 0.6 is 0 Å². The summed E-state index contributed by atoms with van der Waals surface area (Å²) < 4.78 is 10.5. The quantitative estimate of drug-likeness (QED) is 0.668. The largest absolute Gasteiger partial charge is 0.469 e. The Morgan fingerprint density at radius 1 is 1.19 bits per heavy atom. The number of nitrogens with zero attached hydrogens (tertiary/aromatic N) is 2. The van der Waals surface area contributed by atoms with E-state index in [9.17, 15) is 4.79 Å². The molecule has 136 valence electrons. The molecule has 3 rings (SSSR count). The first-order valence-corrected chi connectivity index (χ1v) is 8.81. The van der Waals surface area contributed by atoms with Gasteiger partial charge < -0.3 is 14.3 Å². The van der Waals surface area contributed by atoms with Crippen molar-refractivity contribution in [2.24, 2.45) is 0 Å². The standard InChI is InChI=1S/C20H23N3O3/c1-14-5-8-16(9-6-14)20-22-19(26-23-20)12-11-18(24)21-15(2)7-10-17-4-3-13-25-17/h3-6,8-9,13,15H,7,10-12H2,1-2H3,(H,21,24). The summed E-state index contributed by atoms with van der Waals surface area (Å²) in [4.78, 5) is 16.4. The minimum Gasteiger partial charge on any atom is -0.469 e. The summed E-state index contributed by atoms with van der Waals surface area (Å²) in [7, 11) is 0. The van der Waals surface area contributed by atoms with Crippen molar-refractivity contribution in [2.45, 2.75) is 45.6 Å². The van der Waals surface area contributed by atoms with E-state index in [4.69, 9.17) is 8.94 Å². The highest BCUT2D eigenvalue weighted by Crippen LogP contribution is 2.16. The van der Waals surface area contributed by atoms with Crippen LogP contribution < -0.4 is 5.32 Å². The van der Waals surface area contributed by atoms with E-state index in [1.54, 1.807) is 6.26 Å². The number of benzene rings is 1. The van der Waals surface area contributed by atoms with Gasteiger partial charge in [-0.05, 0) is 32.4 Å².